The summed E-state index contributed by atoms with van der Waals surface area (Å²) in [6.07, 6.45) is 2.19. The Kier molecular flexibility index (Phi) is 3.18. The van der Waals surface area contributed by atoms with Crippen molar-refractivity contribution in [3.8, 4) is 0 Å². The molecule has 0 atom stereocenters. The van der Waals surface area contributed by atoms with Crippen LogP contribution in [-0.2, 0) is 0 Å². The molecule has 2 aromatic carbocycles. The van der Waals surface area contributed by atoms with E-state index in [-0.39, 0.29) is 0 Å². The van der Waals surface area contributed by atoms with Crippen molar-refractivity contribution in [3.05, 3.63) is 64.7 Å². The molecule has 19 heavy (non-hydrogen) atoms. The fourth-order valence-corrected chi connectivity index (χ4v) is 2.95. The van der Waals surface area contributed by atoms with Gasteiger partial charge in [0, 0.05) is 0 Å². The summed E-state index contributed by atoms with van der Waals surface area (Å²) in [5.74, 6) is 0. The number of para-hydroxylation sites is 1. The van der Waals surface area contributed by atoms with Crippen LogP contribution in [0.5, 0.6) is 0 Å². The summed E-state index contributed by atoms with van der Waals surface area (Å²) in [6.45, 7) is 4.23. The molecule has 3 aromatic rings. The molecule has 94 valence electrons. The van der Waals surface area contributed by atoms with Crippen molar-refractivity contribution in [3.63, 3.8) is 0 Å². The number of aryl methyl sites for hydroxylation is 1. The Balaban J connectivity index is 1.98. The lowest BCUT2D eigenvalue weighted by Crippen LogP contribution is -1.79. The number of thiazole rings is 1. The fourth-order valence-electron chi connectivity index (χ4n) is 2.02. The van der Waals surface area contributed by atoms with Crippen LogP contribution in [0.4, 0.5) is 0 Å². The molecule has 0 saturated heterocycles. The van der Waals surface area contributed by atoms with Crippen LogP contribution in [0.15, 0.2) is 48.5 Å². The van der Waals surface area contributed by atoms with Crippen molar-refractivity contribution in [2.75, 3.05) is 0 Å². The number of hydrogen-bond donors (Lipinski definition) is 0. The molecule has 0 bridgehead atoms. The summed E-state index contributed by atoms with van der Waals surface area (Å²) in [4.78, 5) is 4.68. The molecule has 0 saturated carbocycles. The van der Waals surface area contributed by atoms with Gasteiger partial charge in [0.25, 0.3) is 0 Å². The first kappa shape index (κ1) is 12.1. The predicted molar refractivity (Wildman–Crippen MR) is 84.3 cm³/mol. The second-order valence-corrected chi connectivity index (χ2v) is 5.76. The Hall–Kier alpha value is -1.93. The Labute approximate surface area is 117 Å². The molecule has 0 aliphatic carbocycles. The van der Waals surface area contributed by atoms with E-state index in [4.69, 9.17) is 0 Å². The van der Waals surface area contributed by atoms with Crippen LogP contribution >= 0.6 is 11.3 Å². The van der Waals surface area contributed by atoms with E-state index in [1.165, 1.54) is 21.4 Å². The molecule has 0 fully saturated rings. The number of hydrogen-bond acceptors (Lipinski definition) is 2. The number of benzene rings is 2. The molecule has 2 heteroatoms. The van der Waals surface area contributed by atoms with E-state index in [1.807, 2.05) is 6.07 Å². The Morgan fingerprint density at radius 3 is 2.53 bits per heavy atom. The monoisotopic (exact) mass is 265 g/mol. The van der Waals surface area contributed by atoms with Crippen molar-refractivity contribution < 1.29 is 0 Å². The fraction of sp³-hybridized carbons (Fsp3) is 0.118. The number of aromatic nitrogens is 1. The van der Waals surface area contributed by atoms with Gasteiger partial charge in [-0.1, -0.05) is 42.0 Å². The van der Waals surface area contributed by atoms with E-state index in [9.17, 15) is 0 Å². The van der Waals surface area contributed by atoms with Gasteiger partial charge in [0.2, 0.25) is 0 Å². The number of allylic oxidation sites excluding steroid dienone is 1. The van der Waals surface area contributed by atoms with Gasteiger partial charge >= 0.3 is 0 Å². The number of nitrogens with zero attached hydrogens (tertiary/aromatic N) is 1. The van der Waals surface area contributed by atoms with Gasteiger partial charge in [0.1, 0.15) is 5.01 Å². The van der Waals surface area contributed by atoms with Crippen molar-refractivity contribution in [2.24, 2.45) is 0 Å². The molecule has 0 spiro atoms. The van der Waals surface area contributed by atoms with Crippen LogP contribution in [0.25, 0.3) is 21.9 Å². The Morgan fingerprint density at radius 2 is 1.79 bits per heavy atom. The van der Waals surface area contributed by atoms with E-state index in [2.05, 4.69) is 67.4 Å². The summed E-state index contributed by atoms with van der Waals surface area (Å²) >= 11 is 1.75. The van der Waals surface area contributed by atoms with Gasteiger partial charge in [-0.05, 0) is 43.2 Å². The SMILES string of the molecule is C/C(=C/c1ccc(C)cc1)c1nc2ccccc2s1. The molecule has 1 nitrogen and oxygen atoms in total. The largest absolute Gasteiger partial charge is 0.236 e. The van der Waals surface area contributed by atoms with Crippen molar-refractivity contribution in [1.29, 1.82) is 0 Å². The maximum atomic E-state index is 4.68. The van der Waals surface area contributed by atoms with E-state index in [0.717, 1.165) is 10.5 Å². The highest BCUT2D eigenvalue weighted by atomic mass is 32.1. The van der Waals surface area contributed by atoms with Crippen LogP contribution in [0.2, 0.25) is 0 Å². The highest BCUT2D eigenvalue weighted by Gasteiger charge is 2.04. The molecular formula is C17H15NS. The van der Waals surface area contributed by atoms with Gasteiger partial charge in [0.05, 0.1) is 10.2 Å². The number of fused-ring (bicyclic) bond motifs is 1. The zero-order valence-electron chi connectivity index (χ0n) is 11.1. The highest BCUT2D eigenvalue weighted by Crippen LogP contribution is 2.27. The minimum atomic E-state index is 1.08. The average molecular weight is 265 g/mol. The summed E-state index contributed by atoms with van der Waals surface area (Å²) in [5.41, 5.74) is 4.81. The van der Waals surface area contributed by atoms with Gasteiger partial charge in [-0.2, -0.15) is 0 Å². The third-order valence-corrected chi connectivity index (χ3v) is 4.26. The van der Waals surface area contributed by atoms with Crippen molar-refractivity contribution >= 4 is 33.2 Å². The molecular weight excluding hydrogens is 250 g/mol. The minimum Gasteiger partial charge on any atom is -0.236 e. The quantitative estimate of drug-likeness (QED) is 0.623. The maximum Gasteiger partial charge on any atom is 0.120 e. The number of rotatable bonds is 2. The molecule has 1 aromatic heterocycles. The smallest absolute Gasteiger partial charge is 0.120 e. The second kappa shape index (κ2) is 4.98. The zero-order valence-corrected chi connectivity index (χ0v) is 11.9. The molecule has 0 amide bonds. The van der Waals surface area contributed by atoms with Crippen LogP contribution in [0.1, 0.15) is 23.1 Å². The molecule has 3 rings (SSSR count). The third kappa shape index (κ3) is 2.59. The molecule has 0 radical (unpaired) electrons. The highest BCUT2D eigenvalue weighted by molar-refractivity contribution is 7.19. The van der Waals surface area contributed by atoms with E-state index in [0.29, 0.717) is 0 Å². The topological polar surface area (TPSA) is 12.9 Å². The first-order chi connectivity index (χ1) is 9.22. The van der Waals surface area contributed by atoms with Gasteiger partial charge < -0.3 is 0 Å². The normalized spacial score (nSPS) is 12.0. The molecule has 1 heterocycles. The molecule has 0 N–H and O–H groups in total. The summed E-state index contributed by atoms with van der Waals surface area (Å²) in [5, 5.41) is 1.10. The lowest BCUT2D eigenvalue weighted by atomic mass is 10.1. The summed E-state index contributed by atoms with van der Waals surface area (Å²) in [6, 6.07) is 16.8. The van der Waals surface area contributed by atoms with Gasteiger partial charge in [-0.3, -0.25) is 0 Å². The van der Waals surface area contributed by atoms with Crippen LogP contribution < -0.4 is 0 Å². The van der Waals surface area contributed by atoms with E-state index >= 15 is 0 Å². The van der Waals surface area contributed by atoms with E-state index in [1.54, 1.807) is 11.3 Å². The average Bonchev–Trinajstić information content (AvgIpc) is 2.85. The second-order valence-electron chi connectivity index (χ2n) is 4.72. The first-order valence-electron chi connectivity index (χ1n) is 6.33. The lowest BCUT2D eigenvalue weighted by molar-refractivity contribution is 1.42. The maximum absolute atomic E-state index is 4.68. The van der Waals surface area contributed by atoms with Gasteiger partial charge in [-0.25, -0.2) is 4.98 Å². The van der Waals surface area contributed by atoms with Crippen LogP contribution in [0.3, 0.4) is 0 Å². The Bertz CT molecular complexity index is 702. The molecule has 0 aliphatic rings. The molecule has 0 unspecified atom stereocenters. The summed E-state index contributed by atoms with van der Waals surface area (Å²) in [7, 11) is 0. The van der Waals surface area contributed by atoms with E-state index < -0.39 is 0 Å². The van der Waals surface area contributed by atoms with Gasteiger partial charge in [0.15, 0.2) is 0 Å². The standard InChI is InChI=1S/C17H15NS/c1-12-7-9-14(10-8-12)11-13(2)17-18-15-5-3-4-6-16(15)19-17/h3-11H,1-2H3/b13-11-. The van der Waals surface area contributed by atoms with Crippen molar-refractivity contribution in [1.82, 2.24) is 4.98 Å². The summed E-state index contributed by atoms with van der Waals surface area (Å²) < 4.78 is 1.24. The van der Waals surface area contributed by atoms with Gasteiger partial charge in [-0.15, -0.1) is 11.3 Å². The van der Waals surface area contributed by atoms with Crippen LogP contribution in [0, 0.1) is 6.92 Å². The zero-order chi connectivity index (χ0) is 13.2. The minimum absolute atomic E-state index is 1.08. The first-order valence-corrected chi connectivity index (χ1v) is 7.15. The third-order valence-electron chi connectivity index (χ3n) is 3.09. The molecule has 0 aliphatic heterocycles. The predicted octanol–water partition coefficient (Wildman–Crippen LogP) is 5.17. The van der Waals surface area contributed by atoms with Crippen molar-refractivity contribution in [2.45, 2.75) is 13.8 Å². The van der Waals surface area contributed by atoms with Crippen LogP contribution in [-0.4, -0.2) is 4.98 Å². The lowest BCUT2D eigenvalue weighted by Gasteiger charge is -1.98. The Morgan fingerprint density at radius 1 is 1.05 bits per heavy atom.